The molecule has 3 rings (SSSR count). The molecule has 2 fully saturated rings. The number of hydrogen-bond acceptors (Lipinski definition) is 3. The summed E-state index contributed by atoms with van der Waals surface area (Å²) in [5.74, 6) is 0.584. The Bertz CT molecular complexity index is 588. The minimum absolute atomic E-state index is 0.0859. The van der Waals surface area contributed by atoms with Gasteiger partial charge in [0, 0.05) is 60.7 Å². The van der Waals surface area contributed by atoms with Crippen LogP contribution in [0.4, 0.5) is 5.69 Å². The van der Waals surface area contributed by atoms with E-state index in [4.69, 9.17) is 23.2 Å². The van der Waals surface area contributed by atoms with Crippen LogP contribution in [0.5, 0.6) is 0 Å². The van der Waals surface area contributed by atoms with Crippen molar-refractivity contribution in [3.8, 4) is 0 Å². The molecule has 0 bridgehead atoms. The second kappa shape index (κ2) is 7.10. The number of halogens is 2. The molecule has 0 unspecified atom stereocenters. The van der Waals surface area contributed by atoms with E-state index in [9.17, 15) is 9.59 Å². The Morgan fingerprint density at radius 3 is 2.13 bits per heavy atom. The van der Waals surface area contributed by atoms with Gasteiger partial charge in [-0.1, -0.05) is 23.2 Å². The van der Waals surface area contributed by atoms with E-state index in [2.05, 4.69) is 4.90 Å². The molecule has 1 aliphatic carbocycles. The van der Waals surface area contributed by atoms with E-state index in [1.165, 1.54) is 0 Å². The molecule has 1 amide bonds. The maximum Gasteiger partial charge on any atom is 0.223 e. The summed E-state index contributed by atoms with van der Waals surface area (Å²) in [5.41, 5.74) is 0.985. The molecule has 0 aromatic heterocycles. The number of amides is 1. The molecule has 1 saturated carbocycles. The Morgan fingerprint density at radius 2 is 1.57 bits per heavy atom. The predicted octanol–water partition coefficient (Wildman–Crippen LogP) is 3.40. The van der Waals surface area contributed by atoms with Gasteiger partial charge in [-0.25, -0.2) is 0 Å². The molecule has 0 radical (unpaired) electrons. The molecule has 1 aromatic carbocycles. The number of ketones is 1. The first-order valence-electron chi connectivity index (χ1n) is 8.04. The zero-order valence-corrected chi connectivity index (χ0v) is 14.4. The van der Waals surface area contributed by atoms with Crippen molar-refractivity contribution in [3.05, 3.63) is 28.2 Å². The van der Waals surface area contributed by atoms with Crippen molar-refractivity contribution in [1.82, 2.24) is 4.90 Å². The molecule has 1 aromatic rings. The Balaban J connectivity index is 1.49. The van der Waals surface area contributed by atoms with Gasteiger partial charge in [0.2, 0.25) is 5.91 Å². The number of carbonyl (C=O) groups excluding carboxylic acids is 2. The first-order valence-corrected chi connectivity index (χ1v) is 8.80. The number of rotatable bonds is 5. The van der Waals surface area contributed by atoms with Gasteiger partial charge in [-0.3, -0.25) is 9.59 Å². The third-order valence-electron chi connectivity index (χ3n) is 4.46. The highest BCUT2D eigenvalue weighted by Crippen LogP contribution is 2.31. The van der Waals surface area contributed by atoms with Gasteiger partial charge >= 0.3 is 0 Å². The van der Waals surface area contributed by atoms with Gasteiger partial charge < -0.3 is 9.80 Å². The van der Waals surface area contributed by atoms with E-state index in [1.54, 1.807) is 6.07 Å². The standard InChI is InChI=1S/C17H20Cl2N2O2/c18-13-9-14(19)11-15(10-13)20-5-7-21(8-6-20)17(23)4-3-16(22)12-1-2-12/h9-12H,1-8H2. The maximum absolute atomic E-state index is 12.2. The van der Waals surface area contributed by atoms with Gasteiger partial charge in [0.05, 0.1) is 0 Å². The van der Waals surface area contributed by atoms with Crippen molar-refractivity contribution >= 4 is 40.6 Å². The quantitative estimate of drug-likeness (QED) is 0.813. The van der Waals surface area contributed by atoms with E-state index in [-0.39, 0.29) is 17.6 Å². The van der Waals surface area contributed by atoms with Crippen LogP contribution in [0.15, 0.2) is 18.2 Å². The third-order valence-corrected chi connectivity index (χ3v) is 4.90. The van der Waals surface area contributed by atoms with Crippen LogP contribution in [-0.4, -0.2) is 42.8 Å². The number of benzene rings is 1. The molecule has 4 nitrogen and oxygen atoms in total. The number of piperazine rings is 1. The van der Waals surface area contributed by atoms with Gasteiger partial charge in [-0.05, 0) is 31.0 Å². The molecule has 1 heterocycles. The summed E-state index contributed by atoms with van der Waals surface area (Å²) in [4.78, 5) is 27.9. The molecule has 1 aliphatic heterocycles. The molecule has 2 aliphatic rings. The van der Waals surface area contributed by atoms with Crippen LogP contribution >= 0.6 is 23.2 Å². The monoisotopic (exact) mass is 354 g/mol. The van der Waals surface area contributed by atoms with Gasteiger partial charge in [0.15, 0.2) is 0 Å². The SMILES string of the molecule is O=C(CCC(=O)N1CCN(c2cc(Cl)cc(Cl)c2)CC1)C1CC1. The van der Waals surface area contributed by atoms with Crippen LogP contribution in [0.2, 0.25) is 10.0 Å². The number of anilines is 1. The molecule has 1 saturated heterocycles. The summed E-state index contributed by atoms with van der Waals surface area (Å²) in [6.07, 6.45) is 2.76. The minimum atomic E-state index is 0.0859. The van der Waals surface area contributed by atoms with Crippen molar-refractivity contribution in [2.75, 3.05) is 31.1 Å². The summed E-state index contributed by atoms with van der Waals surface area (Å²) in [6, 6.07) is 5.49. The lowest BCUT2D eigenvalue weighted by Crippen LogP contribution is -2.48. The van der Waals surface area contributed by atoms with Crippen molar-refractivity contribution in [2.24, 2.45) is 5.92 Å². The lowest BCUT2D eigenvalue weighted by atomic mass is 10.1. The van der Waals surface area contributed by atoms with Crippen LogP contribution in [0.3, 0.4) is 0 Å². The fourth-order valence-electron chi connectivity index (χ4n) is 2.93. The van der Waals surface area contributed by atoms with E-state index < -0.39 is 0 Å². The van der Waals surface area contributed by atoms with E-state index in [1.807, 2.05) is 17.0 Å². The van der Waals surface area contributed by atoms with Gasteiger partial charge in [-0.2, -0.15) is 0 Å². The summed E-state index contributed by atoms with van der Waals surface area (Å²) in [7, 11) is 0. The highest BCUT2D eigenvalue weighted by atomic mass is 35.5. The highest BCUT2D eigenvalue weighted by Gasteiger charge is 2.30. The molecule has 23 heavy (non-hydrogen) atoms. The van der Waals surface area contributed by atoms with Crippen molar-refractivity contribution < 1.29 is 9.59 Å². The summed E-state index contributed by atoms with van der Waals surface area (Å²) in [6.45, 7) is 2.83. The van der Waals surface area contributed by atoms with E-state index in [0.29, 0.717) is 36.0 Å². The molecular weight excluding hydrogens is 335 g/mol. The Kier molecular flexibility index (Phi) is 5.12. The third kappa shape index (κ3) is 4.39. The lowest BCUT2D eigenvalue weighted by molar-refractivity contribution is -0.133. The number of carbonyl (C=O) groups is 2. The summed E-state index contributed by atoms with van der Waals surface area (Å²) < 4.78 is 0. The average Bonchev–Trinajstić information content (AvgIpc) is 3.36. The maximum atomic E-state index is 12.2. The van der Waals surface area contributed by atoms with Crippen LogP contribution in [0.25, 0.3) is 0 Å². The van der Waals surface area contributed by atoms with E-state index >= 15 is 0 Å². The topological polar surface area (TPSA) is 40.6 Å². The summed E-state index contributed by atoms with van der Waals surface area (Å²) in [5, 5.41) is 1.23. The first-order chi connectivity index (χ1) is 11.0. The molecule has 0 spiro atoms. The minimum Gasteiger partial charge on any atom is -0.368 e. The van der Waals surface area contributed by atoms with Crippen LogP contribution in [0, 0.1) is 5.92 Å². The fraction of sp³-hybridized carbons (Fsp3) is 0.529. The van der Waals surface area contributed by atoms with Crippen LogP contribution in [-0.2, 0) is 9.59 Å². The number of Topliss-reactive ketones (excluding diaryl/α,β-unsaturated/α-hetero) is 1. The number of hydrogen-bond donors (Lipinski definition) is 0. The molecule has 6 heteroatoms. The molecule has 124 valence electrons. The van der Waals surface area contributed by atoms with Crippen LogP contribution in [0.1, 0.15) is 25.7 Å². The fourth-order valence-corrected chi connectivity index (χ4v) is 3.45. The summed E-state index contributed by atoms with van der Waals surface area (Å²) >= 11 is 12.1. The van der Waals surface area contributed by atoms with Crippen molar-refractivity contribution in [2.45, 2.75) is 25.7 Å². The van der Waals surface area contributed by atoms with Crippen LogP contribution < -0.4 is 4.90 Å². The molecule has 0 atom stereocenters. The molecule has 0 N–H and O–H groups in total. The highest BCUT2D eigenvalue weighted by molar-refractivity contribution is 6.35. The Hall–Kier alpha value is -1.26. The van der Waals surface area contributed by atoms with Gasteiger partial charge in [-0.15, -0.1) is 0 Å². The Labute approximate surface area is 146 Å². The van der Waals surface area contributed by atoms with E-state index in [0.717, 1.165) is 31.6 Å². The van der Waals surface area contributed by atoms with Gasteiger partial charge in [0.25, 0.3) is 0 Å². The normalized spacial score (nSPS) is 18.2. The molecular formula is C17H20Cl2N2O2. The zero-order chi connectivity index (χ0) is 16.4. The lowest BCUT2D eigenvalue weighted by Gasteiger charge is -2.36. The zero-order valence-electron chi connectivity index (χ0n) is 12.9. The second-order valence-corrected chi connectivity index (χ2v) is 7.11. The Morgan fingerprint density at radius 1 is 0.957 bits per heavy atom. The van der Waals surface area contributed by atoms with Gasteiger partial charge in [0.1, 0.15) is 5.78 Å². The average molecular weight is 355 g/mol. The van der Waals surface area contributed by atoms with Crippen molar-refractivity contribution in [1.29, 1.82) is 0 Å². The first kappa shape index (κ1) is 16.6. The number of nitrogens with zero attached hydrogens (tertiary/aromatic N) is 2. The smallest absolute Gasteiger partial charge is 0.223 e. The van der Waals surface area contributed by atoms with Crippen molar-refractivity contribution in [3.63, 3.8) is 0 Å². The predicted molar refractivity (Wildman–Crippen MR) is 92.2 cm³/mol. The second-order valence-electron chi connectivity index (χ2n) is 6.24. The largest absolute Gasteiger partial charge is 0.368 e.